The van der Waals surface area contributed by atoms with Crippen LogP contribution in [0.3, 0.4) is 0 Å². The Balaban J connectivity index is 2.15. The Morgan fingerprint density at radius 2 is 2.00 bits per heavy atom. The lowest BCUT2D eigenvalue weighted by atomic mass is 9.96. The second kappa shape index (κ2) is 4.53. The van der Waals surface area contributed by atoms with Gasteiger partial charge in [0.15, 0.2) is 5.13 Å². The highest BCUT2D eigenvalue weighted by molar-refractivity contribution is 7.13. The van der Waals surface area contributed by atoms with Gasteiger partial charge in [0, 0.05) is 22.0 Å². The number of aromatic nitrogens is 2. The third kappa shape index (κ3) is 1.86. The van der Waals surface area contributed by atoms with Crippen LogP contribution < -0.4 is 5.73 Å². The molecule has 21 heavy (non-hydrogen) atoms. The molecule has 106 valence electrons. The number of rotatable bonds is 1. The van der Waals surface area contributed by atoms with Crippen molar-refractivity contribution in [2.45, 2.75) is 33.1 Å². The summed E-state index contributed by atoms with van der Waals surface area (Å²) < 4.78 is 0. The van der Waals surface area contributed by atoms with Crippen LogP contribution in [-0.2, 0) is 12.8 Å². The van der Waals surface area contributed by atoms with Crippen molar-refractivity contribution < 1.29 is 0 Å². The molecule has 0 saturated carbocycles. The Kier molecular flexibility index (Phi) is 2.76. The average Bonchev–Trinajstić information content (AvgIpc) is 3.09. The molecule has 0 bridgehead atoms. The van der Waals surface area contributed by atoms with E-state index in [1.807, 2.05) is 0 Å². The van der Waals surface area contributed by atoms with Crippen molar-refractivity contribution in [3.8, 4) is 11.3 Å². The normalized spacial score (nSPS) is 13.8. The van der Waals surface area contributed by atoms with E-state index in [1.54, 1.807) is 0 Å². The van der Waals surface area contributed by atoms with E-state index in [2.05, 4.69) is 36.3 Å². The molecule has 2 aromatic heterocycles. The molecule has 3 aromatic rings. The van der Waals surface area contributed by atoms with Crippen molar-refractivity contribution in [2.24, 2.45) is 0 Å². The third-order valence-corrected chi connectivity index (χ3v) is 5.16. The second-order valence-corrected chi connectivity index (χ2v) is 6.63. The summed E-state index contributed by atoms with van der Waals surface area (Å²) in [6.45, 7) is 4.30. The zero-order valence-corrected chi connectivity index (χ0v) is 13.0. The first kappa shape index (κ1) is 12.8. The van der Waals surface area contributed by atoms with E-state index in [0.717, 1.165) is 24.1 Å². The monoisotopic (exact) mass is 295 g/mol. The van der Waals surface area contributed by atoms with Gasteiger partial charge in [0.25, 0.3) is 0 Å². The molecular weight excluding hydrogens is 278 g/mol. The first-order valence-corrected chi connectivity index (χ1v) is 8.16. The Labute approximate surface area is 127 Å². The van der Waals surface area contributed by atoms with Gasteiger partial charge in [-0.1, -0.05) is 12.1 Å². The third-order valence-electron chi connectivity index (χ3n) is 4.49. The van der Waals surface area contributed by atoms with E-state index < -0.39 is 0 Å². The largest absolute Gasteiger partial charge is 0.375 e. The van der Waals surface area contributed by atoms with Crippen molar-refractivity contribution in [2.75, 3.05) is 5.73 Å². The van der Waals surface area contributed by atoms with Gasteiger partial charge in [0.1, 0.15) is 0 Å². The first-order valence-electron chi connectivity index (χ1n) is 7.28. The number of anilines is 1. The predicted molar refractivity (Wildman–Crippen MR) is 88.8 cm³/mol. The van der Waals surface area contributed by atoms with Crippen LogP contribution in [-0.4, -0.2) is 9.97 Å². The van der Waals surface area contributed by atoms with Gasteiger partial charge in [-0.3, -0.25) is 4.98 Å². The zero-order valence-electron chi connectivity index (χ0n) is 12.2. The quantitative estimate of drug-likeness (QED) is 0.737. The minimum Gasteiger partial charge on any atom is -0.375 e. The maximum Gasteiger partial charge on any atom is 0.180 e. The summed E-state index contributed by atoms with van der Waals surface area (Å²) in [5, 5.41) is 3.91. The summed E-state index contributed by atoms with van der Waals surface area (Å²) in [6, 6.07) is 4.37. The van der Waals surface area contributed by atoms with Crippen molar-refractivity contribution >= 4 is 27.4 Å². The number of benzene rings is 1. The van der Waals surface area contributed by atoms with Crippen molar-refractivity contribution in [3.05, 3.63) is 39.9 Å². The summed E-state index contributed by atoms with van der Waals surface area (Å²) in [4.78, 5) is 9.48. The summed E-state index contributed by atoms with van der Waals surface area (Å²) in [5.74, 6) is 0. The standard InChI is InChI=1S/C17H17N3S/c1-9-6-7-12-15(14-8-21-17(18)20-14)11-4-3-5-13(11)19-16(12)10(9)2/h6-8H,3-5H2,1-2H3,(H2,18,20). The Bertz CT molecular complexity index is 864. The van der Waals surface area contributed by atoms with Gasteiger partial charge in [0.2, 0.25) is 0 Å². The van der Waals surface area contributed by atoms with E-state index in [1.165, 1.54) is 51.1 Å². The van der Waals surface area contributed by atoms with Crippen LogP contribution in [0, 0.1) is 13.8 Å². The highest BCUT2D eigenvalue weighted by Gasteiger charge is 2.22. The molecule has 4 heteroatoms. The number of fused-ring (bicyclic) bond motifs is 2. The minimum atomic E-state index is 0.630. The topological polar surface area (TPSA) is 51.8 Å². The van der Waals surface area contributed by atoms with Crippen LogP contribution in [0.4, 0.5) is 5.13 Å². The average molecular weight is 295 g/mol. The number of thiazole rings is 1. The molecule has 0 unspecified atom stereocenters. The van der Waals surface area contributed by atoms with Crippen molar-refractivity contribution in [1.82, 2.24) is 9.97 Å². The molecule has 0 amide bonds. The lowest BCUT2D eigenvalue weighted by Gasteiger charge is -2.13. The highest BCUT2D eigenvalue weighted by Crippen LogP contribution is 2.39. The number of nitrogen functional groups attached to an aromatic ring is 1. The van der Waals surface area contributed by atoms with Gasteiger partial charge < -0.3 is 5.73 Å². The molecule has 0 fully saturated rings. The summed E-state index contributed by atoms with van der Waals surface area (Å²) in [6.07, 6.45) is 3.35. The molecule has 1 aliphatic carbocycles. The number of nitrogens with two attached hydrogens (primary N) is 1. The van der Waals surface area contributed by atoms with Crippen LogP contribution in [0.2, 0.25) is 0 Å². The number of pyridine rings is 1. The van der Waals surface area contributed by atoms with E-state index in [0.29, 0.717) is 5.13 Å². The van der Waals surface area contributed by atoms with Crippen LogP contribution in [0.5, 0.6) is 0 Å². The Morgan fingerprint density at radius 3 is 2.76 bits per heavy atom. The fourth-order valence-corrected chi connectivity index (χ4v) is 3.81. The number of aryl methyl sites for hydroxylation is 3. The molecule has 0 aliphatic heterocycles. The minimum absolute atomic E-state index is 0.630. The van der Waals surface area contributed by atoms with Gasteiger partial charge in [-0.25, -0.2) is 4.98 Å². The molecule has 0 atom stereocenters. The van der Waals surface area contributed by atoms with Gasteiger partial charge in [0.05, 0.1) is 11.2 Å². The predicted octanol–water partition coefficient (Wildman–Crippen LogP) is 4.05. The van der Waals surface area contributed by atoms with Crippen LogP contribution in [0.15, 0.2) is 17.5 Å². The summed E-state index contributed by atoms with van der Waals surface area (Å²) in [7, 11) is 0. The number of nitrogens with zero attached hydrogens (tertiary/aromatic N) is 2. The van der Waals surface area contributed by atoms with Gasteiger partial charge >= 0.3 is 0 Å². The molecule has 1 aromatic carbocycles. The molecule has 1 aliphatic rings. The van der Waals surface area contributed by atoms with E-state index in [4.69, 9.17) is 10.7 Å². The Morgan fingerprint density at radius 1 is 1.14 bits per heavy atom. The fourth-order valence-electron chi connectivity index (χ4n) is 3.26. The molecule has 2 N–H and O–H groups in total. The lowest BCUT2D eigenvalue weighted by Crippen LogP contribution is -1.98. The molecule has 0 spiro atoms. The van der Waals surface area contributed by atoms with Crippen LogP contribution >= 0.6 is 11.3 Å². The van der Waals surface area contributed by atoms with Crippen LogP contribution in [0.25, 0.3) is 22.2 Å². The maximum atomic E-state index is 5.85. The molecule has 4 rings (SSSR count). The molecular formula is C17H17N3S. The van der Waals surface area contributed by atoms with Gasteiger partial charge in [-0.05, 0) is 49.8 Å². The van der Waals surface area contributed by atoms with Gasteiger partial charge in [-0.15, -0.1) is 11.3 Å². The maximum absolute atomic E-state index is 5.85. The first-order chi connectivity index (χ1) is 10.1. The van der Waals surface area contributed by atoms with Crippen molar-refractivity contribution in [1.29, 1.82) is 0 Å². The summed E-state index contributed by atoms with van der Waals surface area (Å²) >= 11 is 1.51. The van der Waals surface area contributed by atoms with Gasteiger partial charge in [-0.2, -0.15) is 0 Å². The second-order valence-electron chi connectivity index (χ2n) is 5.74. The molecule has 0 radical (unpaired) electrons. The number of hydrogen-bond acceptors (Lipinski definition) is 4. The fraction of sp³-hybridized carbons (Fsp3) is 0.294. The molecule has 2 heterocycles. The van der Waals surface area contributed by atoms with E-state index in [9.17, 15) is 0 Å². The Hall–Kier alpha value is -1.94. The molecule has 0 saturated heterocycles. The smallest absolute Gasteiger partial charge is 0.180 e. The van der Waals surface area contributed by atoms with Crippen molar-refractivity contribution in [3.63, 3.8) is 0 Å². The number of hydrogen-bond donors (Lipinski definition) is 1. The van der Waals surface area contributed by atoms with E-state index >= 15 is 0 Å². The lowest BCUT2D eigenvalue weighted by molar-refractivity contribution is 0.901. The SMILES string of the molecule is Cc1ccc2c(-c3csc(N)n3)c3c(nc2c1C)CCC3. The van der Waals surface area contributed by atoms with E-state index in [-0.39, 0.29) is 0 Å². The highest BCUT2D eigenvalue weighted by atomic mass is 32.1. The van der Waals surface area contributed by atoms with Crippen LogP contribution in [0.1, 0.15) is 28.8 Å². The zero-order chi connectivity index (χ0) is 14.6. The summed E-state index contributed by atoms with van der Waals surface area (Å²) in [5.41, 5.74) is 14.4. The molecule has 3 nitrogen and oxygen atoms in total.